The fraction of sp³-hybridized carbons (Fsp3) is 0.320. The predicted octanol–water partition coefficient (Wildman–Crippen LogP) is 4.86. The zero-order valence-corrected chi connectivity index (χ0v) is 21.0. The number of aromatic nitrogens is 5. The first-order valence-electron chi connectivity index (χ1n) is 11.8. The lowest BCUT2D eigenvalue weighted by atomic mass is 9.72. The van der Waals surface area contributed by atoms with E-state index in [2.05, 4.69) is 30.5 Å². The number of anilines is 2. The third kappa shape index (κ3) is 5.24. The molecule has 1 aliphatic rings. The molecule has 4 aromatic rings. The predicted molar refractivity (Wildman–Crippen MR) is 135 cm³/mol. The number of thiazole rings is 1. The summed E-state index contributed by atoms with van der Waals surface area (Å²) in [5.41, 5.74) is 5.97. The van der Waals surface area contributed by atoms with Gasteiger partial charge in [0, 0.05) is 35.8 Å². The van der Waals surface area contributed by atoms with Gasteiger partial charge in [-0.05, 0) is 60.6 Å². The number of hydrogen-bond acceptors (Lipinski definition) is 8. The molecular weight excluding hydrogens is 519 g/mol. The molecule has 3 heterocycles. The van der Waals surface area contributed by atoms with Gasteiger partial charge in [-0.2, -0.15) is 18.3 Å². The third-order valence-corrected chi connectivity index (χ3v) is 7.98. The summed E-state index contributed by atoms with van der Waals surface area (Å²) in [6.45, 7) is 1.90. The molecule has 9 nitrogen and oxygen atoms in total. The molecule has 1 aromatic carbocycles. The Morgan fingerprint density at radius 2 is 2.00 bits per heavy atom. The van der Waals surface area contributed by atoms with Gasteiger partial charge in [0.1, 0.15) is 16.3 Å². The first kappa shape index (κ1) is 25.8. The molecule has 1 fully saturated rings. The molecule has 0 spiro atoms. The van der Waals surface area contributed by atoms with Crippen LogP contribution >= 0.6 is 11.3 Å². The van der Waals surface area contributed by atoms with E-state index in [9.17, 15) is 23.1 Å². The van der Waals surface area contributed by atoms with E-state index in [1.54, 1.807) is 30.7 Å². The number of nitrogens with zero attached hydrogens (tertiary/aromatic N) is 4. The average Bonchev–Trinajstić information content (AvgIpc) is 3.56. The van der Waals surface area contributed by atoms with Crippen LogP contribution in [0.25, 0.3) is 21.6 Å². The number of benzene rings is 1. The van der Waals surface area contributed by atoms with Crippen LogP contribution in [0.3, 0.4) is 0 Å². The van der Waals surface area contributed by atoms with E-state index in [0.29, 0.717) is 30.0 Å². The van der Waals surface area contributed by atoms with Crippen molar-refractivity contribution in [2.75, 3.05) is 5.32 Å². The molecule has 198 valence electrons. The van der Waals surface area contributed by atoms with Crippen molar-refractivity contribution in [3.8, 4) is 21.6 Å². The highest BCUT2D eigenvalue weighted by molar-refractivity contribution is 7.15. The van der Waals surface area contributed by atoms with E-state index in [0.717, 1.165) is 33.8 Å². The minimum Gasteiger partial charge on any atom is -0.383 e. The number of amides is 1. The van der Waals surface area contributed by atoms with Crippen LogP contribution < -0.4 is 11.1 Å². The Hall–Kier alpha value is -3.84. The molecule has 0 unspecified atom stereocenters. The maximum atomic E-state index is 13.1. The van der Waals surface area contributed by atoms with Crippen molar-refractivity contribution in [3.63, 3.8) is 0 Å². The third-order valence-electron chi connectivity index (χ3n) is 6.74. The number of aliphatic hydroxyl groups is 1. The summed E-state index contributed by atoms with van der Waals surface area (Å²) in [4.78, 5) is 24.5. The zero-order chi connectivity index (χ0) is 27.1. The maximum Gasteiger partial charge on any atom is 0.433 e. The van der Waals surface area contributed by atoms with E-state index in [4.69, 9.17) is 5.73 Å². The largest absolute Gasteiger partial charge is 0.433 e. The fourth-order valence-corrected chi connectivity index (χ4v) is 5.85. The lowest BCUT2D eigenvalue weighted by Gasteiger charge is -2.37. The summed E-state index contributed by atoms with van der Waals surface area (Å²) < 4.78 is 39.4. The first-order chi connectivity index (χ1) is 18.0. The lowest BCUT2D eigenvalue weighted by molar-refractivity contribution is -0.141. The zero-order valence-electron chi connectivity index (χ0n) is 20.2. The Morgan fingerprint density at radius 1 is 1.21 bits per heavy atom. The van der Waals surface area contributed by atoms with Crippen molar-refractivity contribution < 1.29 is 23.1 Å². The van der Waals surface area contributed by atoms with Crippen LogP contribution in [0.15, 0.2) is 49.1 Å². The highest BCUT2D eigenvalue weighted by Gasteiger charge is 2.42. The Labute approximate surface area is 219 Å². The topological polar surface area (TPSA) is 143 Å². The molecule has 5 rings (SSSR count). The number of carbonyl (C=O) groups is 1. The number of nitrogens with one attached hydrogen (secondary N) is 2. The SMILES string of the molecule is C[C@H]1C[C@@](O)(c2ncc(-c3cc(Nc4nccc(C(F)(F)F)n4)cc(-c4cn[nH]c4)c3)s2)CC[C@H]1C(N)=O. The fourth-order valence-electron chi connectivity index (χ4n) is 4.82. The molecule has 1 aliphatic carbocycles. The van der Waals surface area contributed by atoms with Gasteiger partial charge in [-0.1, -0.05) is 6.92 Å². The van der Waals surface area contributed by atoms with Gasteiger partial charge in [-0.3, -0.25) is 9.89 Å². The summed E-state index contributed by atoms with van der Waals surface area (Å²) in [7, 11) is 0. The normalized spacial score (nSPS) is 21.8. The van der Waals surface area contributed by atoms with Crippen molar-refractivity contribution in [2.24, 2.45) is 17.6 Å². The summed E-state index contributed by atoms with van der Waals surface area (Å²) >= 11 is 1.32. The Balaban J connectivity index is 1.48. The Bertz CT molecular complexity index is 1460. The summed E-state index contributed by atoms with van der Waals surface area (Å²) in [6.07, 6.45) is 2.63. The molecule has 5 N–H and O–H groups in total. The minimum absolute atomic E-state index is 0.0914. The van der Waals surface area contributed by atoms with Gasteiger partial charge in [0.15, 0.2) is 0 Å². The van der Waals surface area contributed by atoms with Crippen molar-refractivity contribution in [3.05, 3.63) is 59.8 Å². The second kappa shape index (κ2) is 9.80. The molecule has 0 saturated heterocycles. The molecule has 0 bridgehead atoms. The number of nitrogens with two attached hydrogens (primary N) is 1. The monoisotopic (exact) mass is 543 g/mol. The molecule has 1 saturated carbocycles. The minimum atomic E-state index is -4.60. The number of aromatic amines is 1. The van der Waals surface area contributed by atoms with E-state index >= 15 is 0 Å². The smallest absolute Gasteiger partial charge is 0.383 e. The van der Waals surface area contributed by atoms with Crippen molar-refractivity contribution in [1.29, 1.82) is 0 Å². The number of alkyl halides is 3. The Morgan fingerprint density at radius 3 is 2.68 bits per heavy atom. The van der Waals surface area contributed by atoms with E-state index in [-0.39, 0.29) is 23.7 Å². The molecular formula is C25H24F3N7O2S. The van der Waals surface area contributed by atoms with Gasteiger partial charge >= 0.3 is 6.18 Å². The first-order valence-corrected chi connectivity index (χ1v) is 12.6. The van der Waals surface area contributed by atoms with Crippen LogP contribution in [0.2, 0.25) is 0 Å². The molecule has 0 aliphatic heterocycles. The number of hydrogen-bond donors (Lipinski definition) is 4. The Kier molecular flexibility index (Phi) is 6.65. The molecule has 1 amide bonds. The standard InChI is InChI=1S/C25H24F3N7O2S/c1-13-9-24(37,4-2-18(13)21(29)36)22-31-12-19(38-22)15-6-14(16-10-32-33-11-16)7-17(8-15)34-23-30-5-3-20(35-23)25(26,27)28/h3,5-8,10-13,18,37H,2,4,9H2,1H3,(H2,29,36)(H,32,33)(H,30,34,35)/t13-,18+,24+/m0/s1. The van der Waals surface area contributed by atoms with Gasteiger partial charge in [0.2, 0.25) is 11.9 Å². The van der Waals surface area contributed by atoms with Gasteiger partial charge < -0.3 is 16.2 Å². The molecule has 13 heteroatoms. The van der Waals surface area contributed by atoms with Crippen LogP contribution in [0, 0.1) is 11.8 Å². The molecule has 0 radical (unpaired) electrons. The second-order valence-electron chi connectivity index (χ2n) is 9.46. The average molecular weight is 544 g/mol. The van der Waals surface area contributed by atoms with Crippen LogP contribution in [0.1, 0.15) is 36.9 Å². The van der Waals surface area contributed by atoms with E-state index in [1.807, 2.05) is 13.0 Å². The van der Waals surface area contributed by atoms with E-state index < -0.39 is 17.5 Å². The highest BCUT2D eigenvalue weighted by atomic mass is 32.1. The van der Waals surface area contributed by atoms with Crippen molar-refractivity contribution >= 4 is 28.9 Å². The molecule has 3 atom stereocenters. The highest BCUT2D eigenvalue weighted by Crippen LogP contribution is 2.45. The second-order valence-corrected chi connectivity index (χ2v) is 10.5. The number of carbonyl (C=O) groups excluding carboxylic acids is 1. The van der Waals surface area contributed by atoms with Crippen LogP contribution in [-0.4, -0.2) is 36.2 Å². The summed E-state index contributed by atoms with van der Waals surface area (Å²) in [6, 6.07) is 6.21. The summed E-state index contributed by atoms with van der Waals surface area (Å²) in [5, 5.41) is 21.5. The van der Waals surface area contributed by atoms with Crippen LogP contribution in [0.4, 0.5) is 24.8 Å². The van der Waals surface area contributed by atoms with Crippen LogP contribution in [0.5, 0.6) is 0 Å². The van der Waals surface area contributed by atoms with E-state index in [1.165, 1.54) is 11.3 Å². The number of rotatable bonds is 6. The lowest BCUT2D eigenvalue weighted by Crippen LogP contribution is -2.40. The maximum absolute atomic E-state index is 13.1. The van der Waals surface area contributed by atoms with Crippen molar-refractivity contribution in [2.45, 2.75) is 38.0 Å². The quantitative estimate of drug-likeness (QED) is 0.272. The van der Waals surface area contributed by atoms with Gasteiger partial charge in [0.05, 0.1) is 11.1 Å². The summed E-state index contributed by atoms with van der Waals surface area (Å²) in [5.74, 6) is -0.936. The van der Waals surface area contributed by atoms with Gasteiger partial charge in [0.25, 0.3) is 0 Å². The van der Waals surface area contributed by atoms with Crippen molar-refractivity contribution in [1.82, 2.24) is 25.1 Å². The molecule has 38 heavy (non-hydrogen) atoms. The van der Waals surface area contributed by atoms with Crippen LogP contribution in [-0.2, 0) is 16.6 Å². The van der Waals surface area contributed by atoms with Gasteiger partial charge in [-0.15, -0.1) is 11.3 Å². The number of primary amides is 1. The number of halogens is 3. The van der Waals surface area contributed by atoms with Gasteiger partial charge in [-0.25, -0.2) is 15.0 Å². The molecule has 3 aromatic heterocycles. The number of H-pyrrole nitrogens is 1.